The SMILES string of the molecule is CCCCCc1cnc(-c2ccc(CCc3ccc(-c4cc(F)c(C(F)(F)Oc5cc(F)c(F)c(F)c5)c(F)c4)c(F)c3)c(F)c2)nc1. The zero-order valence-corrected chi connectivity index (χ0v) is 25.4. The van der Waals surface area contributed by atoms with Crippen molar-refractivity contribution in [3.05, 3.63) is 136 Å². The first-order chi connectivity index (χ1) is 22.9. The molecular formula is C36H27F9N2O. The Labute approximate surface area is 270 Å². The first-order valence-corrected chi connectivity index (χ1v) is 15.0. The van der Waals surface area contributed by atoms with Crippen LogP contribution in [0.3, 0.4) is 0 Å². The van der Waals surface area contributed by atoms with E-state index in [2.05, 4.69) is 21.6 Å². The van der Waals surface area contributed by atoms with Crippen molar-refractivity contribution in [2.24, 2.45) is 0 Å². The molecular weight excluding hydrogens is 647 g/mol. The van der Waals surface area contributed by atoms with Crippen molar-refractivity contribution in [3.63, 3.8) is 0 Å². The number of aryl methyl sites for hydroxylation is 3. The molecule has 0 aliphatic carbocycles. The van der Waals surface area contributed by atoms with Gasteiger partial charge in [0.25, 0.3) is 0 Å². The van der Waals surface area contributed by atoms with Crippen molar-refractivity contribution in [1.82, 2.24) is 9.97 Å². The van der Waals surface area contributed by atoms with Crippen LogP contribution in [0.5, 0.6) is 5.75 Å². The maximum Gasteiger partial charge on any atom is 0.432 e. The van der Waals surface area contributed by atoms with Crippen LogP contribution >= 0.6 is 0 Å². The standard InChI is InChI=1S/C36H27F9N2O/c1-2-3-4-5-21-18-46-35(47-19-21)23-10-9-22(27(37)13-23)8-6-20-7-11-26(28(38)12-20)24-14-29(39)33(30(40)15-24)36(44,45)48-25-16-31(41)34(43)32(42)17-25/h7,9-19H,2-6,8H2,1H3. The summed E-state index contributed by atoms with van der Waals surface area (Å²) in [4.78, 5) is 8.68. The monoisotopic (exact) mass is 674 g/mol. The van der Waals surface area contributed by atoms with E-state index in [1.165, 1.54) is 18.2 Å². The number of hydrogen-bond donors (Lipinski definition) is 0. The van der Waals surface area contributed by atoms with Gasteiger partial charge in [-0.25, -0.2) is 40.7 Å². The van der Waals surface area contributed by atoms with Crippen LogP contribution in [0, 0.1) is 40.7 Å². The van der Waals surface area contributed by atoms with Gasteiger partial charge in [0.1, 0.15) is 34.6 Å². The van der Waals surface area contributed by atoms with Gasteiger partial charge >= 0.3 is 6.11 Å². The fraction of sp³-hybridized carbons (Fsp3) is 0.222. The van der Waals surface area contributed by atoms with Crippen LogP contribution < -0.4 is 4.74 Å². The summed E-state index contributed by atoms with van der Waals surface area (Å²) in [5.74, 6) is -11.6. The maximum absolute atomic E-state index is 15.1. The lowest BCUT2D eigenvalue weighted by Crippen LogP contribution is -2.25. The molecule has 5 aromatic rings. The minimum Gasteiger partial charge on any atom is -0.429 e. The average Bonchev–Trinajstić information content (AvgIpc) is 3.03. The molecule has 250 valence electrons. The molecule has 0 radical (unpaired) electrons. The second-order valence-corrected chi connectivity index (χ2v) is 11.1. The van der Waals surface area contributed by atoms with E-state index in [4.69, 9.17) is 0 Å². The Morgan fingerprint density at radius 1 is 0.604 bits per heavy atom. The first kappa shape index (κ1) is 34.5. The highest BCUT2D eigenvalue weighted by molar-refractivity contribution is 5.65. The lowest BCUT2D eigenvalue weighted by molar-refractivity contribution is -0.189. The van der Waals surface area contributed by atoms with Crippen LogP contribution in [0.15, 0.2) is 73.1 Å². The lowest BCUT2D eigenvalue weighted by atomic mass is 9.98. The predicted molar refractivity (Wildman–Crippen MR) is 161 cm³/mol. The molecule has 12 heteroatoms. The largest absolute Gasteiger partial charge is 0.432 e. The number of benzene rings is 4. The number of hydrogen-bond acceptors (Lipinski definition) is 3. The van der Waals surface area contributed by atoms with Crippen molar-refractivity contribution < 1.29 is 44.3 Å². The van der Waals surface area contributed by atoms with E-state index >= 15 is 4.39 Å². The molecule has 1 heterocycles. The number of aromatic nitrogens is 2. The number of halogens is 9. The van der Waals surface area contributed by atoms with Gasteiger partial charge in [-0.3, -0.25) is 0 Å². The van der Waals surface area contributed by atoms with Gasteiger partial charge in [0.05, 0.1) is 0 Å². The maximum atomic E-state index is 15.1. The molecule has 0 saturated heterocycles. The van der Waals surface area contributed by atoms with E-state index in [9.17, 15) is 35.1 Å². The topological polar surface area (TPSA) is 35.0 Å². The second kappa shape index (κ2) is 14.5. The molecule has 5 rings (SSSR count). The van der Waals surface area contributed by atoms with Gasteiger partial charge in [0, 0.05) is 35.7 Å². The Morgan fingerprint density at radius 3 is 1.85 bits per heavy atom. The van der Waals surface area contributed by atoms with E-state index in [0.29, 0.717) is 34.6 Å². The van der Waals surface area contributed by atoms with E-state index in [-0.39, 0.29) is 30.5 Å². The number of alkyl halides is 2. The molecule has 3 nitrogen and oxygen atoms in total. The van der Waals surface area contributed by atoms with Gasteiger partial charge in [-0.2, -0.15) is 8.78 Å². The van der Waals surface area contributed by atoms with Crippen LogP contribution in [-0.4, -0.2) is 9.97 Å². The molecule has 48 heavy (non-hydrogen) atoms. The number of ether oxygens (including phenoxy) is 1. The summed E-state index contributed by atoms with van der Waals surface area (Å²) in [6.07, 6.45) is 3.17. The highest BCUT2D eigenvalue weighted by Gasteiger charge is 2.41. The fourth-order valence-corrected chi connectivity index (χ4v) is 5.13. The molecule has 0 aliphatic rings. The molecule has 0 unspecified atom stereocenters. The highest BCUT2D eigenvalue weighted by atomic mass is 19.3. The molecule has 0 bridgehead atoms. The summed E-state index contributed by atoms with van der Waals surface area (Å²) in [6, 6.07) is 9.37. The van der Waals surface area contributed by atoms with Crippen LogP contribution in [0.4, 0.5) is 39.5 Å². The van der Waals surface area contributed by atoms with Crippen LogP contribution in [-0.2, 0) is 25.4 Å². The molecule has 0 amide bonds. The third-order valence-electron chi connectivity index (χ3n) is 7.65. The second-order valence-electron chi connectivity index (χ2n) is 11.1. The van der Waals surface area contributed by atoms with Gasteiger partial charge < -0.3 is 4.74 Å². The van der Waals surface area contributed by atoms with Crippen LogP contribution in [0.2, 0.25) is 0 Å². The number of rotatable bonds is 12. The first-order valence-electron chi connectivity index (χ1n) is 15.0. The van der Waals surface area contributed by atoms with E-state index in [1.807, 2.05) is 0 Å². The van der Waals surface area contributed by atoms with Gasteiger partial charge in [-0.15, -0.1) is 0 Å². The minimum absolute atomic E-state index is 0.0839. The summed E-state index contributed by atoms with van der Waals surface area (Å²) in [5, 5.41) is 0. The lowest BCUT2D eigenvalue weighted by Gasteiger charge is -2.20. The van der Waals surface area contributed by atoms with E-state index in [1.54, 1.807) is 24.5 Å². The zero-order chi connectivity index (χ0) is 34.6. The van der Waals surface area contributed by atoms with Crippen LogP contribution in [0.1, 0.15) is 48.4 Å². The van der Waals surface area contributed by atoms with E-state index in [0.717, 1.165) is 37.3 Å². The van der Waals surface area contributed by atoms with Crippen LogP contribution in [0.25, 0.3) is 22.5 Å². The minimum atomic E-state index is -4.79. The average molecular weight is 675 g/mol. The highest BCUT2D eigenvalue weighted by Crippen LogP contribution is 2.38. The molecule has 0 saturated carbocycles. The molecule has 4 aromatic carbocycles. The Bertz CT molecular complexity index is 1880. The van der Waals surface area contributed by atoms with Crippen molar-refractivity contribution in [1.29, 1.82) is 0 Å². The fourth-order valence-electron chi connectivity index (χ4n) is 5.13. The normalized spacial score (nSPS) is 11.6. The Hall–Kier alpha value is -4.87. The Balaban J connectivity index is 1.27. The van der Waals surface area contributed by atoms with E-state index < -0.39 is 63.7 Å². The predicted octanol–water partition coefficient (Wildman–Crippen LogP) is 10.4. The van der Waals surface area contributed by atoms with Gasteiger partial charge in [0.2, 0.25) is 0 Å². The smallest absolute Gasteiger partial charge is 0.429 e. The molecule has 0 atom stereocenters. The number of unbranched alkanes of at least 4 members (excludes halogenated alkanes) is 2. The zero-order valence-electron chi connectivity index (χ0n) is 25.4. The van der Waals surface area contributed by atoms with Gasteiger partial charge in [-0.05, 0) is 72.2 Å². The van der Waals surface area contributed by atoms with Gasteiger partial charge in [-0.1, -0.05) is 44.0 Å². The van der Waals surface area contributed by atoms with Crippen molar-refractivity contribution in [3.8, 4) is 28.3 Å². The van der Waals surface area contributed by atoms with Gasteiger partial charge in [0.15, 0.2) is 23.3 Å². The molecule has 0 fully saturated rings. The van der Waals surface area contributed by atoms with Crippen molar-refractivity contribution in [2.75, 3.05) is 0 Å². The third-order valence-corrected chi connectivity index (χ3v) is 7.65. The Kier molecular flexibility index (Phi) is 10.4. The summed E-state index contributed by atoms with van der Waals surface area (Å²) in [5.41, 5.74) is -0.368. The molecule has 0 aliphatic heterocycles. The van der Waals surface area contributed by atoms with Crippen molar-refractivity contribution >= 4 is 0 Å². The quantitative estimate of drug-likeness (QED) is 0.0751. The summed E-state index contributed by atoms with van der Waals surface area (Å²) >= 11 is 0. The molecule has 0 N–H and O–H groups in total. The summed E-state index contributed by atoms with van der Waals surface area (Å²) < 4.78 is 133. The summed E-state index contributed by atoms with van der Waals surface area (Å²) in [6.45, 7) is 2.12. The third kappa shape index (κ3) is 7.80. The molecule has 0 spiro atoms. The number of nitrogens with zero attached hydrogens (tertiary/aromatic N) is 2. The van der Waals surface area contributed by atoms with Crippen molar-refractivity contribution in [2.45, 2.75) is 51.6 Å². The molecule has 1 aromatic heterocycles. The summed E-state index contributed by atoms with van der Waals surface area (Å²) in [7, 11) is 0. The Morgan fingerprint density at radius 2 is 1.25 bits per heavy atom.